The number of hydrogen-bond acceptors (Lipinski definition) is 1. The average molecular weight is 229 g/mol. The summed E-state index contributed by atoms with van der Waals surface area (Å²) in [6.45, 7) is 8.22. The minimum absolute atomic E-state index is 0. The molecule has 1 rings (SSSR count). The number of ketones is 1. The van der Waals surface area contributed by atoms with E-state index in [0.29, 0.717) is 6.42 Å². The molecule has 1 atom stereocenters. The van der Waals surface area contributed by atoms with Crippen LogP contribution in [0.3, 0.4) is 0 Å². The van der Waals surface area contributed by atoms with E-state index in [1.807, 2.05) is 13.8 Å². The van der Waals surface area contributed by atoms with E-state index in [-0.39, 0.29) is 24.6 Å². The number of benzene rings is 1. The van der Waals surface area contributed by atoms with E-state index in [2.05, 4.69) is 29.2 Å². The molecule has 0 N–H and O–H groups in total. The van der Waals surface area contributed by atoms with Gasteiger partial charge in [0.05, 0.1) is 0 Å². The van der Waals surface area contributed by atoms with E-state index in [1.165, 1.54) is 11.1 Å². The first-order valence-electron chi connectivity index (χ1n) is 5.29. The molecule has 1 aromatic rings. The molecule has 0 aromatic heterocycles. The Balaban J connectivity index is 0.00000225. The van der Waals surface area contributed by atoms with Crippen LogP contribution in [0.2, 0.25) is 0 Å². The minimum atomic E-state index is 0. The van der Waals surface area contributed by atoms with Crippen LogP contribution in [0.1, 0.15) is 39.0 Å². The van der Waals surface area contributed by atoms with Crippen LogP contribution in [0.5, 0.6) is 0 Å². The number of Topliss-reactive ketones (excluding diaryl/α,β-unsaturated/α-hetero) is 1. The van der Waals surface area contributed by atoms with Gasteiger partial charge in [-0.2, -0.15) is 0 Å². The van der Waals surface area contributed by atoms with Gasteiger partial charge in [-0.1, -0.05) is 6.07 Å². The summed E-state index contributed by atoms with van der Waals surface area (Å²) in [5.41, 5.74) is 5.65. The van der Waals surface area contributed by atoms with E-state index in [0.717, 1.165) is 22.9 Å². The quantitative estimate of drug-likeness (QED) is 0.442. The molecule has 0 heterocycles. The van der Waals surface area contributed by atoms with Crippen molar-refractivity contribution in [1.29, 1.82) is 0 Å². The molecule has 1 unspecified atom stereocenters. The van der Waals surface area contributed by atoms with Crippen molar-refractivity contribution >= 4 is 33.9 Å². The van der Waals surface area contributed by atoms with Crippen LogP contribution in [0, 0.1) is 27.7 Å². The minimum Gasteiger partial charge on any atom is -0.294 e. The largest absolute Gasteiger partial charge is 0.294 e. The van der Waals surface area contributed by atoms with Crippen molar-refractivity contribution in [2.45, 2.75) is 34.1 Å². The topological polar surface area (TPSA) is 17.1 Å². The molecule has 1 radical (unpaired) electrons. The molecule has 0 fully saturated rings. The van der Waals surface area contributed by atoms with E-state index >= 15 is 0 Å². The first-order chi connectivity index (χ1) is 6.99. The Morgan fingerprint density at radius 2 is 1.56 bits per heavy atom. The van der Waals surface area contributed by atoms with Crippen molar-refractivity contribution < 1.29 is 4.79 Å². The zero-order valence-electron chi connectivity index (χ0n) is 11.0. The van der Waals surface area contributed by atoms with Crippen molar-refractivity contribution in [1.82, 2.24) is 0 Å². The van der Waals surface area contributed by atoms with E-state index in [4.69, 9.17) is 0 Å². The molecule has 0 saturated carbocycles. The normalized spacial score (nSPS) is 9.81. The van der Waals surface area contributed by atoms with Gasteiger partial charge >= 0.3 is 0 Å². The van der Waals surface area contributed by atoms with Crippen LogP contribution in [0.4, 0.5) is 0 Å². The summed E-state index contributed by atoms with van der Waals surface area (Å²) >= 11 is 0. The second-order valence-corrected chi connectivity index (χ2v) is 4.67. The van der Waals surface area contributed by atoms with E-state index in [1.54, 1.807) is 0 Å². The SMILES string of the molecule is Cc1cc(C)c(C)c(C(=O)CCP)c1C.[Li]. The second-order valence-electron chi connectivity index (χ2n) is 4.10. The number of carbonyl (C=O) groups is 1. The smallest absolute Gasteiger partial charge is 0.163 e. The fraction of sp³-hybridized carbons (Fsp3) is 0.462. The number of carbonyl (C=O) groups excluding carboxylic acids is 1. The first kappa shape index (κ1) is 15.9. The van der Waals surface area contributed by atoms with Crippen LogP contribution in [-0.2, 0) is 0 Å². The molecule has 0 bridgehead atoms. The van der Waals surface area contributed by atoms with E-state index < -0.39 is 0 Å². The van der Waals surface area contributed by atoms with Crippen molar-refractivity contribution in [3.63, 3.8) is 0 Å². The van der Waals surface area contributed by atoms with Crippen molar-refractivity contribution in [2.24, 2.45) is 0 Å². The number of aryl methyl sites for hydroxylation is 2. The molecule has 83 valence electrons. The third kappa shape index (κ3) is 3.21. The predicted molar refractivity (Wildman–Crippen MR) is 74.7 cm³/mol. The van der Waals surface area contributed by atoms with E-state index in [9.17, 15) is 4.79 Å². The third-order valence-electron chi connectivity index (χ3n) is 3.02. The molecule has 0 amide bonds. The summed E-state index contributed by atoms with van der Waals surface area (Å²) in [4.78, 5) is 12.0. The fourth-order valence-corrected chi connectivity index (χ4v) is 2.15. The van der Waals surface area contributed by atoms with Gasteiger partial charge in [0, 0.05) is 30.8 Å². The molecular weight excluding hydrogens is 210 g/mol. The van der Waals surface area contributed by atoms with Crippen LogP contribution < -0.4 is 0 Å². The molecule has 16 heavy (non-hydrogen) atoms. The van der Waals surface area contributed by atoms with Gasteiger partial charge in [-0.25, -0.2) is 0 Å². The van der Waals surface area contributed by atoms with Gasteiger partial charge in [-0.05, 0) is 56.1 Å². The van der Waals surface area contributed by atoms with Crippen LogP contribution in [-0.4, -0.2) is 30.8 Å². The number of rotatable bonds is 3. The molecule has 0 spiro atoms. The monoisotopic (exact) mass is 229 g/mol. The van der Waals surface area contributed by atoms with Gasteiger partial charge in [0.15, 0.2) is 5.78 Å². The Labute approximate surface area is 113 Å². The maximum Gasteiger partial charge on any atom is 0.163 e. The van der Waals surface area contributed by atoms with Gasteiger partial charge in [-0.15, -0.1) is 9.24 Å². The summed E-state index contributed by atoms with van der Waals surface area (Å²) in [5, 5.41) is 0. The average Bonchev–Trinajstić information content (AvgIpc) is 2.16. The summed E-state index contributed by atoms with van der Waals surface area (Å²) in [6.07, 6.45) is 1.46. The third-order valence-corrected chi connectivity index (χ3v) is 3.30. The number of hydrogen-bond donors (Lipinski definition) is 0. The Kier molecular flexibility index (Phi) is 6.57. The van der Waals surface area contributed by atoms with Crippen LogP contribution >= 0.6 is 9.24 Å². The summed E-state index contributed by atoms with van der Waals surface area (Å²) in [6, 6.07) is 2.15. The van der Waals surface area contributed by atoms with Crippen LogP contribution in [0.25, 0.3) is 0 Å². The zero-order chi connectivity index (χ0) is 11.6. The molecular formula is C13H19LiOP. The van der Waals surface area contributed by atoms with Crippen LogP contribution in [0.15, 0.2) is 6.07 Å². The summed E-state index contributed by atoms with van der Waals surface area (Å²) in [7, 11) is 2.61. The van der Waals surface area contributed by atoms with Gasteiger partial charge < -0.3 is 0 Å². The first-order valence-corrected chi connectivity index (χ1v) is 6.11. The summed E-state index contributed by atoms with van der Waals surface area (Å²) < 4.78 is 0. The van der Waals surface area contributed by atoms with Crippen molar-refractivity contribution in [3.8, 4) is 0 Å². The summed E-state index contributed by atoms with van der Waals surface area (Å²) in [5.74, 6) is 0.270. The maximum atomic E-state index is 12.0. The Morgan fingerprint density at radius 3 is 1.94 bits per heavy atom. The molecule has 1 aromatic carbocycles. The van der Waals surface area contributed by atoms with Gasteiger partial charge in [0.2, 0.25) is 0 Å². The predicted octanol–water partition coefficient (Wildman–Crippen LogP) is 2.99. The standard InChI is InChI=1S/C13H19OP.Li/c1-8-7-9(2)11(4)13(10(8)3)12(14)5-6-15;/h7H,5-6,15H2,1-4H3;. The molecule has 1 nitrogen and oxygen atoms in total. The van der Waals surface area contributed by atoms with Crippen molar-refractivity contribution in [3.05, 3.63) is 33.9 Å². The Bertz CT molecular complexity index is 373. The molecule has 0 aliphatic carbocycles. The zero-order valence-corrected chi connectivity index (χ0v) is 12.1. The molecule has 0 aliphatic rings. The molecule has 3 heteroatoms. The van der Waals surface area contributed by atoms with Gasteiger partial charge in [0.25, 0.3) is 0 Å². The van der Waals surface area contributed by atoms with Gasteiger partial charge in [0.1, 0.15) is 0 Å². The second kappa shape index (κ2) is 6.60. The maximum absolute atomic E-state index is 12.0. The molecule has 0 aliphatic heterocycles. The van der Waals surface area contributed by atoms with Gasteiger partial charge in [-0.3, -0.25) is 4.79 Å². The Morgan fingerprint density at radius 1 is 1.12 bits per heavy atom. The van der Waals surface area contributed by atoms with Crippen molar-refractivity contribution in [2.75, 3.05) is 6.16 Å². The molecule has 0 saturated heterocycles. The fourth-order valence-electron chi connectivity index (χ4n) is 1.89. The Hall–Kier alpha value is -0.0826.